The Kier molecular flexibility index (Phi) is 4.78. The molecule has 0 saturated carbocycles. The molecule has 20 heavy (non-hydrogen) atoms. The molecule has 2 rings (SSSR count). The van der Waals surface area contributed by atoms with Gasteiger partial charge in [-0.25, -0.2) is 0 Å². The largest absolute Gasteiger partial charge is 0.388 e. The van der Waals surface area contributed by atoms with Crippen LogP contribution in [0.25, 0.3) is 0 Å². The monoisotopic (exact) mass is 276 g/mol. The summed E-state index contributed by atoms with van der Waals surface area (Å²) in [5.41, 5.74) is 1.44. The molecule has 0 fully saturated rings. The highest BCUT2D eigenvalue weighted by atomic mass is 16.3. The zero-order chi connectivity index (χ0) is 14.6. The van der Waals surface area contributed by atoms with Crippen LogP contribution in [0.15, 0.2) is 24.3 Å². The third-order valence-corrected chi connectivity index (χ3v) is 3.80. The molecule has 0 spiro atoms. The minimum Gasteiger partial charge on any atom is -0.388 e. The van der Waals surface area contributed by atoms with Gasteiger partial charge in [0.1, 0.15) is 6.04 Å². The Morgan fingerprint density at radius 3 is 3.00 bits per heavy atom. The molecule has 2 unspecified atom stereocenters. The maximum Gasteiger partial charge on any atom is 0.241 e. The summed E-state index contributed by atoms with van der Waals surface area (Å²) >= 11 is 0. The van der Waals surface area contributed by atoms with E-state index < -0.39 is 5.60 Å². The summed E-state index contributed by atoms with van der Waals surface area (Å²) in [6.07, 6.45) is 2.53. The van der Waals surface area contributed by atoms with Gasteiger partial charge in [-0.3, -0.25) is 4.79 Å². The van der Waals surface area contributed by atoms with E-state index in [0.29, 0.717) is 13.0 Å². The zero-order valence-corrected chi connectivity index (χ0v) is 12.3. The van der Waals surface area contributed by atoms with Crippen LogP contribution in [0.1, 0.15) is 43.9 Å². The lowest BCUT2D eigenvalue weighted by atomic mass is 9.93. The first-order valence-electron chi connectivity index (χ1n) is 7.35. The topological polar surface area (TPSA) is 61.4 Å². The molecule has 0 bridgehead atoms. The summed E-state index contributed by atoms with van der Waals surface area (Å²) in [5.74, 6) is -0.0615. The molecular weight excluding hydrogens is 252 g/mol. The van der Waals surface area contributed by atoms with Gasteiger partial charge in [-0.05, 0) is 30.9 Å². The van der Waals surface area contributed by atoms with Crippen molar-refractivity contribution in [1.29, 1.82) is 0 Å². The van der Waals surface area contributed by atoms with Crippen LogP contribution in [0.3, 0.4) is 0 Å². The number of amides is 1. The Labute approximate surface area is 120 Å². The maximum absolute atomic E-state index is 12.3. The van der Waals surface area contributed by atoms with E-state index in [0.717, 1.165) is 24.9 Å². The van der Waals surface area contributed by atoms with Crippen LogP contribution in [-0.4, -0.2) is 29.7 Å². The van der Waals surface area contributed by atoms with Crippen LogP contribution < -0.4 is 10.6 Å². The van der Waals surface area contributed by atoms with Gasteiger partial charge in [0.15, 0.2) is 0 Å². The summed E-state index contributed by atoms with van der Waals surface area (Å²) in [7, 11) is 0. The lowest BCUT2D eigenvalue weighted by molar-refractivity contribution is -0.124. The van der Waals surface area contributed by atoms with Crippen molar-refractivity contribution in [2.24, 2.45) is 0 Å². The smallest absolute Gasteiger partial charge is 0.241 e. The van der Waals surface area contributed by atoms with Gasteiger partial charge in [0.05, 0.1) is 5.60 Å². The first-order valence-corrected chi connectivity index (χ1v) is 7.35. The van der Waals surface area contributed by atoms with E-state index in [4.69, 9.17) is 0 Å². The molecule has 1 aromatic carbocycles. The van der Waals surface area contributed by atoms with Gasteiger partial charge in [-0.1, -0.05) is 37.6 Å². The number of nitrogens with one attached hydrogen (secondary N) is 2. The van der Waals surface area contributed by atoms with E-state index in [1.807, 2.05) is 25.1 Å². The number of hydrogen-bond donors (Lipinski definition) is 3. The van der Waals surface area contributed by atoms with Crippen molar-refractivity contribution in [2.75, 3.05) is 13.1 Å². The Bertz CT molecular complexity index is 471. The number of fused-ring (bicyclic) bond motifs is 1. The second-order valence-corrected chi connectivity index (χ2v) is 5.80. The number of rotatable bonds is 5. The second-order valence-electron chi connectivity index (χ2n) is 5.80. The van der Waals surface area contributed by atoms with Crippen LogP contribution in [-0.2, 0) is 11.2 Å². The summed E-state index contributed by atoms with van der Waals surface area (Å²) in [5, 5.41) is 16.2. The van der Waals surface area contributed by atoms with Crippen LogP contribution in [0.2, 0.25) is 0 Å². The molecule has 3 N–H and O–H groups in total. The first kappa shape index (κ1) is 15.0. The zero-order valence-electron chi connectivity index (χ0n) is 12.3. The van der Waals surface area contributed by atoms with Crippen molar-refractivity contribution in [2.45, 2.75) is 44.8 Å². The van der Waals surface area contributed by atoms with Gasteiger partial charge >= 0.3 is 0 Å². The van der Waals surface area contributed by atoms with Gasteiger partial charge in [0.2, 0.25) is 5.91 Å². The summed E-state index contributed by atoms with van der Waals surface area (Å²) in [6, 6.07) is 7.72. The number of aliphatic hydroxyl groups is 1. The third kappa shape index (κ3) is 3.58. The molecule has 1 aliphatic rings. The normalized spacial score (nSPS) is 20.9. The van der Waals surface area contributed by atoms with E-state index >= 15 is 0 Å². The Morgan fingerprint density at radius 2 is 2.25 bits per heavy atom. The average Bonchev–Trinajstić information content (AvgIpc) is 2.44. The molecule has 0 radical (unpaired) electrons. The van der Waals surface area contributed by atoms with E-state index in [1.54, 1.807) is 6.92 Å². The molecule has 2 atom stereocenters. The molecule has 1 amide bonds. The fourth-order valence-electron chi connectivity index (χ4n) is 2.75. The SMILES string of the molecule is CCCC(C)(O)CNC(=O)C1NCCc2ccccc21. The predicted molar refractivity (Wildman–Crippen MR) is 79.4 cm³/mol. The van der Waals surface area contributed by atoms with Gasteiger partial charge in [0.25, 0.3) is 0 Å². The third-order valence-electron chi connectivity index (χ3n) is 3.80. The summed E-state index contributed by atoms with van der Waals surface area (Å²) < 4.78 is 0. The van der Waals surface area contributed by atoms with Crippen molar-refractivity contribution in [3.63, 3.8) is 0 Å². The van der Waals surface area contributed by atoms with Crippen molar-refractivity contribution in [3.05, 3.63) is 35.4 Å². The minimum atomic E-state index is -0.835. The quantitative estimate of drug-likeness (QED) is 0.764. The van der Waals surface area contributed by atoms with Gasteiger partial charge in [-0.15, -0.1) is 0 Å². The first-order chi connectivity index (χ1) is 9.53. The molecule has 0 aromatic heterocycles. The van der Waals surface area contributed by atoms with Gasteiger partial charge in [-0.2, -0.15) is 0 Å². The van der Waals surface area contributed by atoms with Gasteiger partial charge < -0.3 is 15.7 Å². The summed E-state index contributed by atoms with van der Waals surface area (Å²) in [4.78, 5) is 12.3. The standard InChI is InChI=1S/C16H24N2O2/c1-3-9-16(2,20)11-18-15(19)14-13-7-5-4-6-12(13)8-10-17-14/h4-7,14,17,20H,3,8-11H2,1-2H3,(H,18,19). The van der Waals surface area contributed by atoms with Gasteiger partial charge in [0, 0.05) is 13.1 Å². The van der Waals surface area contributed by atoms with Crippen molar-refractivity contribution in [3.8, 4) is 0 Å². The number of carbonyl (C=O) groups is 1. The lowest BCUT2D eigenvalue weighted by Crippen LogP contribution is -2.46. The van der Waals surface area contributed by atoms with E-state index in [2.05, 4.69) is 16.7 Å². The Hall–Kier alpha value is -1.39. The van der Waals surface area contributed by atoms with Crippen LogP contribution in [0, 0.1) is 0 Å². The van der Waals surface area contributed by atoms with Crippen molar-refractivity contribution in [1.82, 2.24) is 10.6 Å². The number of carbonyl (C=O) groups excluding carboxylic acids is 1. The highest BCUT2D eigenvalue weighted by molar-refractivity contribution is 5.84. The Morgan fingerprint density at radius 1 is 1.50 bits per heavy atom. The fraction of sp³-hybridized carbons (Fsp3) is 0.562. The molecule has 4 heteroatoms. The molecule has 110 valence electrons. The Balaban J connectivity index is 2.01. The average molecular weight is 276 g/mol. The molecule has 1 aliphatic heterocycles. The van der Waals surface area contributed by atoms with Crippen molar-refractivity contribution < 1.29 is 9.90 Å². The molecule has 1 heterocycles. The lowest BCUT2D eigenvalue weighted by Gasteiger charge is -2.28. The van der Waals surface area contributed by atoms with E-state index in [-0.39, 0.29) is 11.9 Å². The molecule has 0 saturated heterocycles. The van der Waals surface area contributed by atoms with Crippen LogP contribution in [0.5, 0.6) is 0 Å². The summed E-state index contributed by atoms with van der Waals surface area (Å²) in [6.45, 7) is 4.88. The maximum atomic E-state index is 12.3. The van der Waals surface area contributed by atoms with E-state index in [9.17, 15) is 9.90 Å². The van der Waals surface area contributed by atoms with Crippen LogP contribution in [0.4, 0.5) is 0 Å². The predicted octanol–water partition coefficient (Wildman–Crippen LogP) is 1.54. The minimum absolute atomic E-state index is 0.0615. The van der Waals surface area contributed by atoms with E-state index in [1.165, 1.54) is 5.56 Å². The van der Waals surface area contributed by atoms with Crippen molar-refractivity contribution >= 4 is 5.91 Å². The highest BCUT2D eigenvalue weighted by Gasteiger charge is 2.27. The number of hydrogen-bond acceptors (Lipinski definition) is 3. The molecule has 1 aromatic rings. The number of benzene rings is 1. The molecule has 0 aliphatic carbocycles. The molecular formula is C16H24N2O2. The highest BCUT2D eigenvalue weighted by Crippen LogP contribution is 2.22. The second kappa shape index (κ2) is 6.37. The fourth-order valence-corrected chi connectivity index (χ4v) is 2.75. The molecule has 4 nitrogen and oxygen atoms in total. The van der Waals surface area contributed by atoms with Crippen LogP contribution >= 0.6 is 0 Å².